The molecule has 0 aromatic rings. The molecule has 0 aliphatic carbocycles. The maximum absolute atomic E-state index is 11.9. The Morgan fingerprint density at radius 2 is 1.70 bits per heavy atom. The first-order valence-corrected chi connectivity index (χ1v) is 6.67. The number of ether oxygens (including phenoxy) is 2. The highest BCUT2D eigenvalue weighted by atomic mass is 16.6. The Morgan fingerprint density at radius 3 is 2.10 bits per heavy atom. The maximum atomic E-state index is 11.9. The first-order chi connectivity index (χ1) is 9.01. The standard InChI is InChI=1S/C14H25NO5/c1-9(2)7-11(12(17)8-19-10(3)16)15-13(18)20-14(4,5)6/h9,11H,7-8H2,1-6H3,(H,15,18)/t11-/m0/s1. The number of alkyl carbamates (subject to hydrolysis) is 1. The average molecular weight is 287 g/mol. The number of nitrogens with one attached hydrogen (secondary N) is 1. The molecular weight excluding hydrogens is 262 g/mol. The Hall–Kier alpha value is -1.59. The van der Waals surface area contributed by atoms with Gasteiger partial charge in [-0.25, -0.2) is 4.79 Å². The van der Waals surface area contributed by atoms with Crippen molar-refractivity contribution in [1.29, 1.82) is 0 Å². The van der Waals surface area contributed by atoms with Gasteiger partial charge in [-0.15, -0.1) is 0 Å². The molecule has 0 saturated heterocycles. The van der Waals surface area contributed by atoms with Crippen molar-refractivity contribution in [1.82, 2.24) is 5.32 Å². The summed E-state index contributed by atoms with van der Waals surface area (Å²) in [6, 6.07) is -0.718. The number of hydrogen-bond donors (Lipinski definition) is 1. The minimum atomic E-state index is -0.718. The van der Waals surface area contributed by atoms with Crippen LogP contribution in [0.1, 0.15) is 48.0 Å². The van der Waals surface area contributed by atoms with Crippen LogP contribution in [0.4, 0.5) is 4.79 Å². The van der Waals surface area contributed by atoms with Crippen molar-refractivity contribution in [2.45, 2.75) is 59.6 Å². The van der Waals surface area contributed by atoms with Crippen molar-refractivity contribution in [3.05, 3.63) is 0 Å². The van der Waals surface area contributed by atoms with Gasteiger partial charge in [0, 0.05) is 6.92 Å². The van der Waals surface area contributed by atoms with Crippen molar-refractivity contribution >= 4 is 17.8 Å². The van der Waals surface area contributed by atoms with Crippen LogP contribution in [0, 0.1) is 5.92 Å². The number of hydrogen-bond acceptors (Lipinski definition) is 5. The van der Waals surface area contributed by atoms with Gasteiger partial charge in [0.1, 0.15) is 5.60 Å². The summed E-state index contributed by atoms with van der Waals surface area (Å²) in [6.45, 7) is 9.97. The third kappa shape index (κ3) is 9.35. The molecule has 0 aliphatic rings. The van der Waals surface area contributed by atoms with Crippen molar-refractivity contribution in [2.75, 3.05) is 6.61 Å². The lowest BCUT2D eigenvalue weighted by Gasteiger charge is -2.23. The summed E-state index contributed by atoms with van der Waals surface area (Å²) in [4.78, 5) is 34.4. The van der Waals surface area contributed by atoms with E-state index in [1.54, 1.807) is 20.8 Å². The fourth-order valence-corrected chi connectivity index (χ4v) is 1.47. The quantitative estimate of drug-likeness (QED) is 0.756. The van der Waals surface area contributed by atoms with Gasteiger partial charge >= 0.3 is 12.1 Å². The van der Waals surface area contributed by atoms with Crippen LogP contribution in [0.3, 0.4) is 0 Å². The zero-order valence-corrected chi connectivity index (χ0v) is 13.1. The molecule has 0 aliphatic heterocycles. The van der Waals surface area contributed by atoms with E-state index in [9.17, 15) is 14.4 Å². The fraction of sp³-hybridized carbons (Fsp3) is 0.786. The summed E-state index contributed by atoms with van der Waals surface area (Å²) in [6.07, 6.45) is -0.196. The minimum absolute atomic E-state index is 0.205. The van der Waals surface area contributed by atoms with Crippen molar-refractivity contribution in [3.63, 3.8) is 0 Å². The molecule has 20 heavy (non-hydrogen) atoms. The first-order valence-electron chi connectivity index (χ1n) is 6.67. The molecule has 0 aromatic heterocycles. The predicted octanol–water partition coefficient (Wildman–Crippen LogP) is 2.06. The molecule has 0 bridgehead atoms. The van der Waals surface area contributed by atoms with Gasteiger partial charge in [-0.3, -0.25) is 9.59 Å². The normalized spacial score (nSPS) is 12.8. The summed E-state index contributed by atoms with van der Waals surface area (Å²) < 4.78 is 9.78. The molecule has 1 N–H and O–H groups in total. The molecule has 0 spiro atoms. The molecule has 0 saturated carbocycles. The summed E-state index contributed by atoms with van der Waals surface area (Å²) in [5, 5.41) is 2.53. The van der Waals surface area contributed by atoms with Crippen LogP contribution in [-0.2, 0) is 19.1 Å². The molecule has 6 nitrogen and oxygen atoms in total. The Labute approximate surface area is 120 Å². The number of Topliss-reactive ketones (excluding diaryl/α,β-unsaturated/α-hetero) is 1. The van der Waals surface area contributed by atoms with E-state index >= 15 is 0 Å². The second kappa shape index (κ2) is 7.87. The van der Waals surface area contributed by atoms with Crippen LogP contribution in [0.2, 0.25) is 0 Å². The van der Waals surface area contributed by atoms with Gasteiger partial charge in [0.25, 0.3) is 0 Å². The van der Waals surface area contributed by atoms with E-state index in [2.05, 4.69) is 10.1 Å². The maximum Gasteiger partial charge on any atom is 0.408 e. The zero-order chi connectivity index (χ0) is 15.9. The Balaban J connectivity index is 4.59. The van der Waals surface area contributed by atoms with Crippen molar-refractivity contribution in [3.8, 4) is 0 Å². The van der Waals surface area contributed by atoms with E-state index in [1.165, 1.54) is 6.92 Å². The predicted molar refractivity (Wildman–Crippen MR) is 74.3 cm³/mol. The van der Waals surface area contributed by atoms with E-state index in [1.807, 2.05) is 13.8 Å². The molecule has 0 heterocycles. The average Bonchev–Trinajstić information content (AvgIpc) is 2.21. The highest BCUT2D eigenvalue weighted by Crippen LogP contribution is 2.10. The summed E-state index contributed by atoms with van der Waals surface area (Å²) in [5.41, 5.74) is -0.634. The lowest BCUT2D eigenvalue weighted by atomic mass is 10.0. The Kier molecular flexibility index (Phi) is 7.24. The van der Waals surface area contributed by atoms with Gasteiger partial charge < -0.3 is 14.8 Å². The third-order valence-corrected chi connectivity index (χ3v) is 2.20. The van der Waals surface area contributed by atoms with Crippen molar-refractivity contribution in [2.24, 2.45) is 5.92 Å². The molecular formula is C14H25NO5. The molecule has 0 fully saturated rings. The number of carbonyl (C=O) groups excluding carboxylic acids is 3. The second-order valence-electron chi connectivity index (χ2n) is 6.07. The van der Waals surface area contributed by atoms with Crippen LogP contribution < -0.4 is 5.32 Å². The number of ketones is 1. The van der Waals surface area contributed by atoms with Gasteiger partial charge in [0.05, 0.1) is 6.04 Å². The molecule has 1 atom stereocenters. The minimum Gasteiger partial charge on any atom is -0.458 e. The van der Waals surface area contributed by atoms with Gasteiger partial charge in [0.2, 0.25) is 0 Å². The number of esters is 1. The van der Waals surface area contributed by atoms with Gasteiger partial charge in [-0.1, -0.05) is 13.8 Å². The largest absolute Gasteiger partial charge is 0.458 e. The molecule has 0 rings (SSSR count). The van der Waals surface area contributed by atoms with Gasteiger partial charge in [-0.2, -0.15) is 0 Å². The molecule has 0 unspecified atom stereocenters. The van der Waals surface area contributed by atoms with Gasteiger partial charge in [0.15, 0.2) is 12.4 Å². The molecule has 0 aromatic carbocycles. The summed E-state index contributed by atoms with van der Waals surface area (Å²) in [5.74, 6) is -0.671. The SMILES string of the molecule is CC(=O)OCC(=O)[C@H](CC(C)C)NC(=O)OC(C)(C)C. The fourth-order valence-electron chi connectivity index (χ4n) is 1.47. The highest BCUT2D eigenvalue weighted by molar-refractivity contribution is 5.89. The van der Waals surface area contributed by atoms with Crippen molar-refractivity contribution < 1.29 is 23.9 Å². The van der Waals surface area contributed by atoms with Crippen LogP contribution >= 0.6 is 0 Å². The summed E-state index contributed by atoms with van der Waals surface area (Å²) in [7, 11) is 0. The van der Waals surface area contributed by atoms with Crippen LogP contribution in [0.5, 0.6) is 0 Å². The highest BCUT2D eigenvalue weighted by Gasteiger charge is 2.25. The van der Waals surface area contributed by atoms with E-state index < -0.39 is 23.7 Å². The molecule has 0 radical (unpaired) electrons. The lowest BCUT2D eigenvalue weighted by molar-refractivity contribution is -0.146. The topological polar surface area (TPSA) is 81.7 Å². The first kappa shape index (κ1) is 18.4. The second-order valence-corrected chi connectivity index (χ2v) is 6.07. The van der Waals surface area contributed by atoms with Crippen LogP contribution in [0.25, 0.3) is 0 Å². The molecule has 116 valence electrons. The number of amides is 1. The van der Waals surface area contributed by atoms with E-state index in [0.29, 0.717) is 6.42 Å². The Morgan fingerprint density at radius 1 is 1.15 bits per heavy atom. The zero-order valence-electron chi connectivity index (χ0n) is 13.1. The Bertz CT molecular complexity index is 357. The molecule has 1 amide bonds. The van der Waals surface area contributed by atoms with E-state index in [4.69, 9.17) is 4.74 Å². The van der Waals surface area contributed by atoms with Crippen LogP contribution in [-0.4, -0.2) is 36.1 Å². The molecule has 6 heteroatoms. The van der Waals surface area contributed by atoms with Crippen LogP contribution in [0.15, 0.2) is 0 Å². The van der Waals surface area contributed by atoms with Gasteiger partial charge in [-0.05, 0) is 33.1 Å². The summed E-state index contributed by atoms with van der Waals surface area (Å²) >= 11 is 0. The lowest BCUT2D eigenvalue weighted by Crippen LogP contribution is -2.45. The third-order valence-electron chi connectivity index (χ3n) is 2.20. The monoisotopic (exact) mass is 287 g/mol. The smallest absolute Gasteiger partial charge is 0.408 e. The number of rotatable bonds is 6. The van der Waals surface area contributed by atoms with E-state index in [-0.39, 0.29) is 18.3 Å². The number of carbonyl (C=O) groups is 3. The van der Waals surface area contributed by atoms with E-state index in [0.717, 1.165) is 0 Å².